The van der Waals surface area contributed by atoms with Crippen LogP contribution in [0.2, 0.25) is 0 Å². The first-order valence-corrected chi connectivity index (χ1v) is 5.37. The van der Waals surface area contributed by atoms with Crippen LogP contribution in [0.1, 0.15) is 39.1 Å². The van der Waals surface area contributed by atoms with Gasteiger partial charge in [-0.25, -0.2) is 9.97 Å². The van der Waals surface area contributed by atoms with Crippen molar-refractivity contribution in [1.82, 2.24) is 9.97 Å². The molecule has 0 saturated carbocycles. The van der Waals surface area contributed by atoms with Crippen molar-refractivity contribution >= 4 is 0 Å². The van der Waals surface area contributed by atoms with Crippen molar-refractivity contribution in [3.8, 4) is 0 Å². The van der Waals surface area contributed by atoms with E-state index in [4.69, 9.17) is 0 Å². The maximum absolute atomic E-state index is 4.28. The van der Waals surface area contributed by atoms with Crippen LogP contribution < -0.4 is 0 Å². The molecule has 1 aromatic heterocycles. The SMILES string of the molecule is CC(C)Cc1cc(CC(C)C)ncn1. The molecule has 0 atom stereocenters. The van der Waals surface area contributed by atoms with E-state index in [0.29, 0.717) is 11.8 Å². The third-order valence-electron chi connectivity index (χ3n) is 2.02. The van der Waals surface area contributed by atoms with Crippen molar-refractivity contribution in [3.05, 3.63) is 23.8 Å². The Labute approximate surface area is 86.8 Å². The number of hydrogen-bond donors (Lipinski definition) is 0. The Morgan fingerprint density at radius 1 is 0.929 bits per heavy atom. The van der Waals surface area contributed by atoms with E-state index in [9.17, 15) is 0 Å². The van der Waals surface area contributed by atoms with Gasteiger partial charge in [0.25, 0.3) is 0 Å². The van der Waals surface area contributed by atoms with Gasteiger partial charge in [-0.1, -0.05) is 27.7 Å². The van der Waals surface area contributed by atoms with E-state index in [-0.39, 0.29) is 0 Å². The molecule has 2 heteroatoms. The van der Waals surface area contributed by atoms with Crippen LogP contribution in [-0.2, 0) is 12.8 Å². The molecule has 0 aliphatic carbocycles. The van der Waals surface area contributed by atoms with Crippen LogP contribution in [0.25, 0.3) is 0 Å². The summed E-state index contributed by atoms with van der Waals surface area (Å²) >= 11 is 0. The molecule has 0 saturated heterocycles. The highest BCUT2D eigenvalue weighted by molar-refractivity contribution is 5.09. The quantitative estimate of drug-likeness (QED) is 0.733. The zero-order chi connectivity index (χ0) is 10.6. The first-order valence-electron chi connectivity index (χ1n) is 5.37. The average Bonchev–Trinajstić information content (AvgIpc) is 2.01. The van der Waals surface area contributed by atoms with Gasteiger partial charge in [-0.05, 0) is 30.7 Å². The molecule has 0 amide bonds. The Morgan fingerprint density at radius 2 is 1.36 bits per heavy atom. The van der Waals surface area contributed by atoms with Crippen molar-refractivity contribution in [2.75, 3.05) is 0 Å². The topological polar surface area (TPSA) is 25.8 Å². The largest absolute Gasteiger partial charge is 0.241 e. The molecule has 0 spiro atoms. The Kier molecular flexibility index (Phi) is 4.05. The Balaban J connectivity index is 2.68. The zero-order valence-corrected chi connectivity index (χ0v) is 9.62. The molecule has 78 valence electrons. The summed E-state index contributed by atoms with van der Waals surface area (Å²) in [4.78, 5) is 8.55. The molecule has 1 heterocycles. The van der Waals surface area contributed by atoms with Crippen molar-refractivity contribution < 1.29 is 0 Å². The van der Waals surface area contributed by atoms with Gasteiger partial charge in [0, 0.05) is 11.4 Å². The van der Waals surface area contributed by atoms with Crippen LogP contribution in [0.5, 0.6) is 0 Å². The fourth-order valence-electron chi connectivity index (χ4n) is 1.50. The molecule has 1 rings (SSSR count). The highest BCUT2D eigenvalue weighted by Gasteiger charge is 2.03. The van der Waals surface area contributed by atoms with Crippen LogP contribution in [0.15, 0.2) is 12.4 Å². The highest BCUT2D eigenvalue weighted by atomic mass is 14.8. The van der Waals surface area contributed by atoms with Crippen LogP contribution in [0.3, 0.4) is 0 Å². The molecule has 0 radical (unpaired) electrons. The number of nitrogens with zero attached hydrogens (tertiary/aromatic N) is 2. The Hall–Kier alpha value is -0.920. The third-order valence-corrected chi connectivity index (χ3v) is 2.02. The minimum Gasteiger partial charge on any atom is -0.241 e. The van der Waals surface area contributed by atoms with Crippen molar-refractivity contribution in [3.63, 3.8) is 0 Å². The van der Waals surface area contributed by atoms with Crippen LogP contribution >= 0.6 is 0 Å². The van der Waals surface area contributed by atoms with Gasteiger partial charge in [0.15, 0.2) is 0 Å². The summed E-state index contributed by atoms with van der Waals surface area (Å²) in [6, 6.07) is 2.14. The molecule has 0 bridgehead atoms. The van der Waals surface area contributed by atoms with Gasteiger partial charge in [0.1, 0.15) is 6.33 Å². The van der Waals surface area contributed by atoms with Gasteiger partial charge in [-0.3, -0.25) is 0 Å². The molecule has 0 aromatic carbocycles. The van der Waals surface area contributed by atoms with Gasteiger partial charge in [-0.15, -0.1) is 0 Å². The summed E-state index contributed by atoms with van der Waals surface area (Å²) in [5.74, 6) is 1.33. The lowest BCUT2D eigenvalue weighted by molar-refractivity contribution is 0.616. The zero-order valence-electron chi connectivity index (χ0n) is 9.62. The predicted molar refractivity (Wildman–Crippen MR) is 59.1 cm³/mol. The number of hydrogen-bond acceptors (Lipinski definition) is 2. The van der Waals surface area contributed by atoms with E-state index in [1.165, 1.54) is 11.4 Å². The predicted octanol–water partition coefficient (Wildman–Crippen LogP) is 2.87. The summed E-state index contributed by atoms with van der Waals surface area (Å²) in [7, 11) is 0. The molecule has 1 aromatic rings. The van der Waals surface area contributed by atoms with E-state index >= 15 is 0 Å². The number of aromatic nitrogens is 2. The second-order valence-electron chi connectivity index (χ2n) is 4.70. The van der Waals surface area contributed by atoms with Crippen molar-refractivity contribution in [1.29, 1.82) is 0 Å². The maximum Gasteiger partial charge on any atom is 0.115 e. The second-order valence-corrected chi connectivity index (χ2v) is 4.70. The van der Waals surface area contributed by atoms with E-state index in [0.717, 1.165) is 12.8 Å². The summed E-state index contributed by atoms with van der Waals surface area (Å²) in [6.07, 6.45) is 3.79. The molecule has 14 heavy (non-hydrogen) atoms. The standard InChI is InChI=1S/C12H20N2/c1-9(2)5-11-7-12(6-10(3)4)14-8-13-11/h7-10H,5-6H2,1-4H3. The molecule has 0 unspecified atom stereocenters. The minimum absolute atomic E-state index is 0.664. The van der Waals surface area contributed by atoms with Crippen LogP contribution in [0.4, 0.5) is 0 Å². The number of rotatable bonds is 4. The van der Waals surface area contributed by atoms with Gasteiger partial charge < -0.3 is 0 Å². The third kappa shape index (κ3) is 3.86. The fraction of sp³-hybridized carbons (Fsp3) is 0.667. The molecular formula is C12H20N2. The van der Waals surface area contributed by atoms with Crippen molar-refractivity contribution in [2.45, 2.75) is 40.5 Å². The summed E-state index contributed by atoms with van der Waals surface area (Å²) in [5.41, 5.74) is 2.34. The first kappa shape index (κ1) is 11.2. The van der Waals surface area contributed by atoms with Gasteiger partial charge in [0.05, 0.1) is 0 Å². The molecule has 2 nitrogen and oxygen atoms in total. The first-order chi connectivity index (χ1) is 6.58. The lowest BCUT2D eigenvalue weighted by atomic mass is 10.0. The van der Waals surface area contributed by atoms with E-state index in [2.05, 4.69) is 43.7 Å². The average molecular weight is 192 g/mol. The van der Waals surface area contributed by atoms with E-state index in [1.807, 2.05) is 0 Å². The van der Waals surface area contributed by atoms with E-state index < -0.39 is 0 Å². The molecular weight excluding hydrogens is 172 g/mol. The fourth-order valence-corrected chi connectivity index (χ4v) is 1.50. The highest BCUT2D eigenvalue weighted by Crippen LogP contribution is 2.09. The second kappa shape index (κ2) is 5.08. The lowest BCUT2D eigenvalue weighted by Crippen LogP contribution is -2.02. The maximum atomic E-state index is 4.28. The Morgan fingerprint density at radius 3 is 1.71 bits per heavy atom. The van der Waals surface area contributed by atoms with Crippen LogP contribution in [0, 0.1) is 11.8 Å². The van der Waals surface area contributed by atoms with Gasteiger partial charge in [-0.2, -0.15) is 0 Å². The smallest absolute Gasteiger partial charge is 0.115 e. The Bertz CT molecular complexity index is 254. The monoisotopic (exact) mass is 192 g/mol. The summed E-state index contributed by atoms with van der Waals surface area (Å²) < 4.78 is 0. The van der Waals surface area contributed by atoms with Crippen LogP contribution in [-0.4, -0.2) is 9.97 Å². The lowest BCUT2D eigenvalue weighted by Gasteiger charge is -2.07. The van der Waals surface area contributed by atoms with E-state index in [1.54, 1.807) is 6.33 Å². The molecule has 0 fully saturated rings. The molecule has 0 N–H and O–H groups in total. The van der Waals surface area contributed by atoms with Gasteiger partial charge in [0.2, 0.25) is 0 Å². The van der Waals surface area contributed by atoms with Gasteiger partial charge >= 0.3 is 0 Å². The van der Waals surface area contributed by atoms with Crippen molar-refractivity contribution in [2.24, 2.45) is 11.8 Å². The minimum atomic E-state index is 0.664. The summed E-state index contributed by atoms with van der Waals surface area (Å²) in [5, 5.41) is 0. The summed E-state index contributed by atoms with van der Waals surface area (Å²) in [6.45, 7) is 8.85. The normalized spacial score (nSPS) is 11.3. The molecule has 0 aliphatic rings. The molecule has 0 aliphatic heterocycles.